The second-order valence-electron chi connectivity index (χ2n) is 11.6. The molecule has 1 fully saturated rings. The summed E-state index contributed by atoms with van der Waals surface area (Å²) in [6, 6.07) is 17.6. The highest BCUT2D eigenvalue weighted by Gasteiger charge is 2.36. The predicted octanol–water partition coefficient (Wildman–Crippen LogP) is 4.02. The topological polar surface area (TPSA) is 143 Å². The fraction of sp³-hybridized carbons (Fsp3) is 0.471. The van der Waals surface area contributed by atoms with E-state index in [1.807, 2.05) is 60.7 Å². The van der Waals surface area contributed by atoms with Crippen LogP contribution in [0.5, 0.6) is 0 Å². The van der Waals surface area contributed by atoms with E-state index in [1.54, 1.807) is 23.9 Å². The second-order valence-corrected chi connectivity index (χ2v) is 12.7. The number of alkyl carbamates (subject to hydrolysis) is 1. The van der Waals surface area contributed by atoms with E-state index in [4.69, 9.17) is 9.47 Å². The number of thioether (sulfide) groups is 1. The molecule has 1 aliphatic carbocycles. The summed E-state index contributed by atoms with van der Waals surface area (Å²) in [4.78, 5) is 52.2. The van der Waals surface area contributed by atoms with Gasteiger partial charge in [0.25, 0.3) is 0 Å². The lowest BCUT2D eigenvalue weighted by molar-refractivity contribution is -0.147. The van der Waals surface area contributed by atoms with E-state index in [0.29, 0.717) is 24.3 Å². The molecule has 3 amide bonds. The van der Waals surface area contributed by atoms with Gasteiger partial charge in [0.15, 0.2) is 0 Å². The van der Waals surface area contributed by atoms with Gasteiger partial charge in [0, 0.05) is 17.9 Å². The maximum Gasteiger partial charge on any atom is 0.408 e. The summed E-state index contributed by atoms with van der Waals surface area (Å²) >= 11 is 1.59. The Morgan fingerprint density at radius 2 is 1.64 bits per heavy atom. The number of esters is 1. The number of rotatable bonds is 11. The van der Waals surface area contributed by atoms with Crippen LogP contribution in [-0.4, -0.2) is 65.6 Å². The van der Waals surface area contributed by atoms with Gasteiger partial charge >= 0.3 is 12.1 Å². The molecule has 11 heteroatoms. The average molecular weight is 638 g/mol. The van der Waals surface area contributed by atoms with Gasteiger partial charge in [0.1, 0.15) is 19.3 Å². The molecule has 0 spiro atoms. The Hall–Kier alpha value is -3.83. The average Bonchev–Trinajstić information content (AvgIpc) is 3.52. The number of allylic oxidation sites excluding steroid dienone is 1. The monoisotopic (exact) mass is 637 g/mol. The summed E-state index contributed by atoms with van der Waals surface area (Å²) in [5.74, 6) is -0.721. The van der Waals surface area contributed by atoms with E-state index in [9.17, 15) is 24.3 Å². The molecule has 0 radical (unpaired) electrons. The van der Waals surface area contributed by atoms with Crippen molar-refractivity contribution in [2.75, 3.05) is 19.0 Å². The minimum absolute atomic E-state index is 0.0465. The highest BCUT2D eigenvalue weighted by molar-refractivity contribution is 7.98. The summed E-state index contributed by atoms with van der Waals surface area (Å²) in [6.45, 7) is -0.179. The van der Waals surface area contributed by atoms with Crippen LogP contribution in [-0.2, 0) is 36.2 Å². The number of hydrogen-bond acceptors (Lipinski definition) is 8. The van der Waals surface area contributed by atoms with Crippen molar-refractivity contribution < 1.29 is 33.8 Å². The Morgan fingerprint density at radius 3 is 2.33 bits per heavy atom. The number of benzene rings is 2. The lowest BCUT2D eigenvalue weighted by Crippen LogP contribution is -2.51. The van der Waals surface area contributed by atoms with Gasteiger partial charge in [-0.3, -0.25) is 9.59 Å². The molecule has 45 heavy (non-hydrogen) atoms. The van der Waals surface area contributed by atoms with Gasteiger partial charge in [-0.15, -0.1) is 0 Å². The molecule has 2 aromatic rings. The largest absolute Gasteiger partial charge is 0.462 e. The number of nitrogens with one attached hydrogen (secondary N) is 3. The first-order chi connectivity index (χ1) is 21.9. The van der Waals surface area contributed by atoms with E-state index >= 15 is 0 Å². The lowest BCUT2D eigenvalue weighted by Gasteiger charge is -2.29. The fourth-order valence-corrected chi connectivity index (χ4v) is 6.48. The molecule has 1 aliphatic heterocycles. The van der Waals surface area contributed by atoms with Crippen LogP contribution in [0.1, 0.15) is 56.1 Å². The molecule has 1 saturated carbocycles. The van der Waals surface area contributed by atoms with Crippen molar-refractivity contribution in [1.82, 2.24) is 16.0 Å². The Kier molecular flexibility index (Phi) is 13.3. The van der Waals surface area contributed by atoms with Crippen LogP contribution < -0.4 is 16.0 Å². The number of amides is 3. The van der Waals surface area contributed by atoms with Gasteiger partial charge in [-0.05, 0) is 36.8 Å². The van der Waals surface area contributed by atoms with E-state index in [1.165, 1.54) is 0 Å². The van der Waals surface area contributed by atoms with Crippen molar-refractivity contribution in [2.24, 2.45) is 5.92 Å². The molecule has 0 bridgehead atoms. The van der Waals surface area contributed by atoms with Crippen molar-refractivity contribution in [3.63, 3.8) is 0 Å². The standard InChI is InChI=1S/C34H43N3O7S/c38-24-34(17-9-10-18-34)37-30(39)19-27-15-7-8-16-29(36-33(42)44-20-25-11-3-1-4-12-25)32(41)43-21-28(35-31(27)40)23-45-22-26-13-5-2-6-14-26/h1-8,11-14,27-29,38H,9-10,15-24H2,(H,35,40)(H,36,42)(H,37,39). The predicted molar refractivity (Wildman–Crippen MR) is 172 cm³/mol. The zero-order chi connectivity index (χ0) is 31.9. The Balaban J connectivity index is 1.43. The Labute approximate surface area is 268 Å². The molecule has 0 saturated heterocycles. The molecular weight excluding hydrogens is 594 g/mol. The van der Waals surface area contributed by atoms with Crippen molar-refractivity contribution in [3.8, 4) is 0 Å². The van der Waals surface area contributed by atoms with E-state index in [2.05, 4.69) is 16.0 Å². The van der Waals surface area contributed by atoms with Crippen LogP contribution >= 0.6 is 11.8 Å². The molecule has 3 unspecified atom stereocenters. The van der Waals surface area contributed by atoms with Crippen LogP contribution in [0.2, 0.25) is 0 Å². The minimum Gasteiger partial charge on any atom is -0.462 e. The van der Waals surface area contributed by atoms with Crippen molar-refractivity contribution in [2.45, 2.75) is 74.9 Å². The summed E-state index contributed by atoms with van der Waals surface area (Å²) in [6.07, 6.45) is 6.32. The van der Waals surface area contributed by atoms with Gasteiger partial charge in [-0.2, -0.15) is 11.8 Å². The van der Waals surface area contributed by atoms with Gasteiger partial charge in [-0.1, -0.05) is 85.7 Å². The molecule has 10 nitrogen and oxygen atoms in total. The zero-order valence-electron chi connectivity index (χ0n) is 25.5. The maximum atomic E-state index is 13.5. The summed E-state index contributed by atoms with van der Waals surface area (Å²) in [7, 11) is 0. The fourth-order valence-electron chi connectivity index (χ4n) is 5.47. The van der Waals surface area contributed by atoms with E-state index in [0.717, 1.165) is 24.0 Å². The number of aliphatic hydroxyl groups excluding tert-OH is 1. The minimum atomic E-state index is -0.995. The number of carbonyl (C=O) groups excluding carboxylic acids is 4. The molecule has 4 N–H and O–H groups in total. The van der Waals surface area contributed by atoms with Crippen LogP contribution in [0, 0.1) is 5.92 Å². The lowest BCUT2D eigenvalue weighted by atomic mass is 9.95. The highest BCUT2D eigenvalue weighted by atomic mass is 32.2. The van der Waals surface area contributed by atoms with Crippen LogP contribution in [0.15, 0.2) is 72.8 Å². The summed E-state index contributed by atoms with van der Waals surface area (Å²) in [5.41, 5.74) is 1.31. The number of hydrogen-bond donors (Lipinski definition) is 4. The van der Waals surface area contributed by atoms with Gasteiger partial charge in [-0.25, -0.2) is 9.59 Å². The normalized spacial score (nSPS) is 21.8. The van der Waals surface area contributed by atoms with Crippen LogP contribution in [0.3, 0.4) is 0 Å². The van der Waals surface area contributed by atoms with Gasteiger partial charge in [0.2, 0.25) is 11.8 Å². The molecule has 0 aromatic heterocycles. The van der Waals surface area contributed by atoms with E-state index in [-0.39, 0.29) is 50.9 Å². The third-order valence-corrected chi connectivity index (χ3v) is 9.20. The number of carbonyl (C=O) groups is 4. The molecular formula is C34H43N3O7S. The maximum absolute atomic E-state index is 13.5. The quantitative estimate of drug-likeness (QED) is 0.214. The Morgan fingerprint density at radius 1 is 0.978 bits per heavy atom. The SMILES string of the molecule is O=C(CC1CC=CCC(NC(=O)OCc2ccccc2)C(=O)OCC(CSCc2ccccc2)NC1=O)NC1(CO)CCCC1. The van der Waals surface area contributed by atoms with E-state index < -0.39 is 35.6 Å². The van der Waals surface area contributed by atoms with Crippen LogP contribution in [0.4, 0.5) is 4.79 Å². The van der Waals surface area contributed by atoms with Crippen molar-refractivity contribution >= 4 is 35.6 Å². The summed E-state index contributed by atoms with van der Waals surface area (Å²) < 4.78 is 10.9. The molecule has 242 valence electrons. The molecule has 2 aliphatic rings. The van der Waals surface area contributed by atoms with Gasteiger partial charge < -0.3 is 30.5 Å². The highest BCUT2D eigenvalue weighted by Crippen LogP contribution is 2.29. The molecule has 4 rings (SSSR count). The molecule has 2 aromatic carbocycles. The van der Waals surface area contributed by atoms with Crippen molar-refractivity contribution in [3.05, 3.63) is 83.9 Å². The Bertz CT molecular complexity index is 1290. The molecule has 3 atom stereocenters. The second kappa shape index (κ2) is 17.6. The smallest absolute Gasteiger partial charge is 0.408 e. The first-order valence-electron chi connectivity index (χ1n) is 15.5. The first kappa shape index (κ1) is 34.1. The zero-order valence-corrected chi connectivity index (χ0v) is 26.3. The third kappa shape index (κ3) is 11.2. The van der Waals surface area contributed by atoms with Crippen molar-refractivity contribution in [1.29, 1.82) is 0 Å². The first-order valence-corrected chi connectivity index (χ1v) is 16.6. The number of cyclic esters (lactones) is 1. The molecule has 1 heterocycles. The number of aliphatic hydroxyl groups is 1. The number of ether oxygens (including phenoxy) is 2. The van der Waals surface area contributed by atoms with Gasteiger partial charge in [0.05, 0.1) is 24.1 Å². The third-order valence-electron chi connectivity index (χ3n) is 8.02. The van der Waals surface area contributed by atoms with Crippen LogP contribution in [0.25, 0.3) is 0 Å². The summed E-state index contributed by atoms with van der Waals surface area (Å²) in [5, 5.41) is 18.5.